The van der Waals surface area contributed by atoms with Crippen molar-refractivity contribution in [3.8, 4) is 11.6 Å². The third-order valence-corrected chi connectivity index (χ3v) is 2.78. The van der Waals surface area contributed by atoms with Crippen LogP contribution in [0.15, 0.2) is 30.3 Å². The molecular weight excluding hydrogens is 254 g/mol. The molecule has 0 aliphatic rings. The first-order chi connectivity index (χ1) is 9.76. The van der Waals surface area contributed by atoms with E-state index >= 15 is 0 Å². The maximum atomic E-state index is 9.31. The number of hydrogen-bond acceptors (Lipinski definition) is 5. The minimum absolute atomic E-state index is 0.0675. The van der Waals surface area contributed by atoms with E-state index in [-0.39, 0.29) is 6.61 Å². The number of aromatic nitrogens is 2. The lowest BCUT2D eigenvalue weighted by molar-refractivity contribution is 0.276. The first kappa shape index (κ1) is 14.3. The standard InChI is InChI=1S/C15H19N3O2/c1-3-13-17-14(16-4-2)9-15(18-13)20-12-8-6-5-7-11(12)10-19/h5-9,19H,3-4,10H2,1-2H3,(H,16,17,18). The molecule has 0 atom stereocenters. The van der Waals surface area contributed by atoms with Crippen LogP contribution in [0.25, 0.3) is 0 Å². The van der Waals surface area contributed by atoms with Crippen LogP contribution in [-0.4, -0.2) is 21.6 Å². The normalized spacial score (nSPS) is 10.3. The Balaban J connectivity index is 2.30. The summed E-state index contributed by atoms with van der Waals surface area (Å²) in [6.45, 7) is 4.72. The second-order valence-electron chi connectivity index (χ2n) is 4.26. The third kappa shape index (κ3) is 3.45. The molecule has 0 spiro atoms. The molecule has 0 unspecified atom stereocenters. The molecular formula is C15H19N3O2. The first-order valence-electron chi connectivity index (χ1n) is 6.75. The molecule has 5 heteroatoms. The Morgan fingerprint density at radius 2 is 2.00 bits per heavy atom. The number of nitrogens with one attached hydrogen (secondary N) is 1. The van der Waals surface area contributed by atoms with Crippen LogP contribution in [0.2, 0.25) is 0 Å². The summed E-state index contributed by atoms with van der Waals surface area (Å²) in [5.74, 6) is 2.56. The van der Waals surface area contributed by atoms with Crippen molar-refractivity contribution in [3.05, 3.63) is 41.7 Å². The van der Waals surface area contributed by atoms with E-state index in [1.165, 1.54) is 0 Å². The van der Waals surface area contributed by atoms with Gasteiger partial charge in [-0.2, -0.15) is 4.98 Å². The van der Waals surface area contributed by atoms with E-state index in [9.17, 15) is 5.11 Å². The van der Waals surface area contributed by atoms with Crippen LogP contribution in [0.3, 0.4) is 0 Å². The molecule has 2 rings (SSSR count). The quantitative estimate of drug-likeness (QED) is 0.847. The Morgan fingerprint density at radius 3 is 2.70 bits per heavy atom. The Morgan fingerprint density at radius 1 is 1.20 bits per heavy atom. The van der Waals surface area contributed by atoms with Crippen molar-refractivity contribution in [2.75, 3.05) is 11.9 Å². The van der Waals surface area contributed by atoms with Crippen molar-refractivity contribution in [1.82, 2.24) is 9.97 Å². The zero-order valence-corrected chi connectivity index (χ0v) is 11.8. The molecule has 1 aromatic carbocycles. The summed E-state index contributed by atoms with van der Waals surface area (Å²) in [5, 5.41) is 12.5. The highest BCUT2D eigenvalue weighted by molar-refractivity contribution is 5.41. The van der Waals surface area contributed by atoms with Crippen molar-refractivity contribution < 1.29 is 9.84 Å². The Labute approximate surface area is 118 Å². The number of hydrogen-bond donors (Lipinski definition) is 2. The van der Waals surface area contributed by atoms with E-state index in [2.05, 4.69) is 15.3 Å². The van der Waals surface area contributed by atoms with Gasteiger partial charge in [0.1, 0.15) is 17.4 Å². The van der Waals surface area contributed by atoms with Gasteiger partial charge < -0.3 is 15.2 Å². The molecule has 2 aromatic rings. The second-order valence-corrected chi connectivity index (χ2v) is 4.26. The van der Waals surface area contributed by atoms with Crippen molar-refractivity contribution in [2.24, 2.45) is 0 Å². The SMILES string of the molecule is CCNc1cc(Oc2ccccc2CO)nc(CC)n1. The van der Waals surface area contributed by atoms with Gasteiger partial charge in [-0.1, -0.05) is 25.1 Å². The van der Waals surface area contributed by atoms with Gasteiger partial charge in [-0.05, 0) is 13.0 Å². The van der Waals surface area contributed by atoms with Gasteiger partial charge in [0, 0.05) is 24.6 Å². The fourth-order valence-corrected chi connectivity index (χ4v) is 1.80. The van der Waals surface area contributed by atoms with E-state index in [0.29, 0.717) is 11.6 Å². The molecule has 1 aromatic heterocycles. The number of benzene rings is 1. The highest BCUT2D eigenvalue weighted by Crippen LogP contribution is 2.25. The lowest BCUT2D eigenvalue weighted by Gasteiger charge is -2.11. The Kier molecular flexibility index (Phi) is 4.90. The van der Waals surface area contributed by atoms with E-state index in [1.54, 1.807) is 6.07 Å². The molecule has 0 aliphatic carbocycles. The molecule has 2 N–H and O–H groups in total. The van der Waals surface area contributed by atoms with Crippen molar-refractivity contribution in [2.45, 2.75) is 26.9 Å². The summed E-state index contributed by atoms with van der Waals surface area (Å²) in [7, 11) is 0. The van der Waals surface area contributed by atoms with Gasteiger partial charge in [0.25, 0.3) is 0 Å². The summed E-state index contributed by atoms with van der Waals surface area (Å²) in [4.78, 5) is 8.72. The van der Waals surface area contributed by atoms with Crippen molar-refractivity contribution >= 4 is 5.82 Å². The number of aryl methyl sites for hydroxylation is 1. The van der Waals surface area contributed by atoms with Gasteiger partial charge in [-0.3, -0.25) is 0 Å². The Bertz CT molecular complexity index is 573. The van der Waals surface area contributed by atoms with Crippen LogP contribution < -0.4 is 10.1 Å². The molecule has 0 radical (unpaired) electrons. The van der Waals surface area contributed by atoms with Gasteiger partial charge in [-0.15, -0.1) is 0 Å². The van der Waals surface area contributed by atoms with Crippen LogP contribution >= 0.6 is 0 Å². The highest BCUT2D eigenvalue weighted by atomic mass is 16.5. The molecule has 20 heavy (non-hydrogen) atoms. The lowest BCUT2D eigenvalue weighted by Crippen LogP contribution is -2.04. The molecule has 5 nitrogen and oxygen atoms in total. The largest absolute Gasteiger partial charge is 0.438 e. The van der Waals surface area contributed by atoms with Gasteiger partial charge in [-0.25, -0.2) is 4.98 Å². The van der Waals surface area contributed by atoms with E-state index in [1.807, 2.05) is 38.1 Å². The van der Waals surface area contributed by atoms with Crippen LogP contribution in [0.1, 0.15) is 25.2 Å². The number of rotatable bonds is 6. The summed E-state index contributed by atoms with van der Waals surface area (Å²) in [6, 6.07) is 9.12. The Hall–Kier alpha value is -2.14. The molecule has 1 heterocycles. The fraction of sp³-hybridized carbons (Fsp3) is 0.333. The number of aliphatic hydroxyl groups is 1. The third-order valence-electron chi connectivity index (χ3n) is 2.78. The van der Waals surface area contributed by atoms with Crippen LogP contribution in [0.5, 0.6) is 11.6 Å². The second kappa shape index (κ2) is 6.86. The zero-order valence-electron chi connectivity index (χ0n) is 11.8. The minimum Gasteiger partial charge on any atom is -0.438 e. The molecule has 0 fully saturated rings. The van der Waals surface area contributed by atoms with Crippen LogP contribution in [-0.2, 0) is 13.0 Å². The first-order valence-corrected chi connectivity index (χ1v) is 6.75. The molecule has 0 saturated carbocycles. The predicted molar refractivity (Wildman–Crippen MR) is 78.0 cm³/mol. The number of para-hydroxylation sites is 1. The van der Waals surface area contributed by atoms with E-state index < -0.39 is 0 Å². The summed E-state index contributed by atoms with van der Waals surface area (Å²) in [6.07, 6.45) is 0.733. The van der Waals surface area contributed by atoms with E-state index in [4.69, 9.17) is 4.74 Å². The van der Waals surface area contributed by atoms with Gasteiger partial charge in [0.15, 0.2) is 0 Å². The maximum Gasteiger partial charge on any atom is 0.224 e. The summed E-state index contributed by atoms with van der Waals surface area (Å²) < 4.78 is 5.78. The average Bonchev–Trinajstić information content (AvgIpc) is 2.48. The molecule has 0 amide bonds. The fourth-order valence-electron chi connectivity index (χ4n) is 1.80. The van der Waals surface area contributed by atoms with E-state index in [0.717, 1.165) is 30.2 Å². The molecule has 0 aliphatic heterocycles. The van der Waals surface area contributed by atoms with Crippen LogP contribution in [0, 0.1) is 0 Å². The number of aliphatic hydroxyl groups excluding tert-OH is 1. The average molecular weight is 273 g/mol. The molecule has 0 saturated heterocycles. The smallest absolute Gasteiger partial charge is 0.224 e. The van der Waals surface area contributed by atoms with Gasteiger partial charge in [0.05, 0.1) is 6.61 Å². The van der Waals surface area contributed by atoms with Crippen molar-refractivity contribution in [3.63, 3.8) is 0 Å². The van der Waals surface area contributed by atoms with Gasteiger partial charge >= 0.3 is 0 Å². The monoisotopic (exact) mass is 273 g/mol. The number of ether oxygens (including phenoxy) is 1. The number of anilines is 1. The number of nitrogens with zero attached hydrogens (tertiary/aromatic N) is 2. The maximum absolute atomic E-state index is 9.31. The topological polar surface area (TPSA) is 67.3 Å². The highest BCUT2D eigenvalue weighted by Gasteiger charge is 2.08. The van der Waals surface area contributed by atoms with Gasteiger partial charge in [0.2, 0.25) is 5.88 Å². The van der Waals surface area contributed by atoms with Crippen molar-refractivity contribution in [1.29, 1.82) is 0 Å². The minimum atomic E-state index is -0.0675. The summed E-state index contributed by atoms with van der Waals surface area (Å²) in [5.41, 5.74) is 0.731. The lowest BCUT2D eigenvalue weighted by atomic mass is 10.2. The molecule has 0 bridgehead atoms. The predicted octanol–water partition coefficient (Wildman–Crippen LogP) is 2.76. The molecule has 106 valence electrons. The van der Waals surface area contributed by atoms with Crippen LogP contribution in [0.4, 0.5) is 5.82 Å². The zero-order chi connectivity index (χ0) is 14.4. The summed E-state index contributed by atoms with van der Waals surface area (Å²) >= 11 is 0.